The lowest BCUT2D eigenvalue weighted by atomic mass is 10.2. The summed E-state index contributed by atoms with van der Waals surface area (Å²) in [6, 6.07) is 9.25. The van der Waals surface area contributed by atoms with Crippen molar-refractivity contribution in [2.24, 2.45) is 5.73 Å². The number of primary amides is 1. The number of carbonyl (C=O) groups excluding carboxylic acids is 1. The first-order valence-electron chi connectivity index (χ1n) is 7.41. The van der Waals surface area contributed by atoms with Crippen LogP contribution in [-0.4, -0.2) is 21.2 Å². The van der Waals surface area contributed by atoms with Gasteiger partial charge in [0.05, 0.1) is 22.7 Å². The van der Waals surface area contributed by atoms with Crippen molar-refractivity contribution >= 4 is 28.6 Å². The average molecular weight is 330 g/mol. The molecule has 2 rings (SSSR count). The van der Waals surface area contributed by atoms with E-state index in [0.717, 1.165) is 12.8 Å². The SMILES string of the molecule is N#CCSc1nc2ccccc2c(=O)n1CCCCCC(N)=O. The van der Waals surface area contributed by atoms with E-state index < -0.39 is 0 Å². The second-order valence-corrected chi connectivity index (χ2v) is 6.03. The summed E-state index contributed by atoms with van der Waals surface area (Å²) in [6.45, 7) is 0.517. The smallest absolute Gasteiger partial charge is 0.262 e. The van der Waals surface area contributed by atoms with Crippen LogP contribution in [0.4, 0.5) is 0 Å². The quantitative estimate of drug-likeness (QED) is 0.453. The van der Waals surface area contributed by atoms with Gasteiger partial charge < -0.3 is 5.73 Å². The number of benzene rings is 1. The second-order valence-electron chi connectivity index (χ2n) is 5.09. The van der Waals surface area contributed by atoms with Gasteiger partial charge in [0.1, 0.15) is 0 Å². The highest BCUT2D eigenvalue weighted by atomic mass is 32.2. The summed E-state index contributed by atoms with van der Waals surface area (Å²) in [5.74, 6) is -0.0632. The van der Waals surface area contributed by atoms with Crippen molar-refractivity contribution in [3.63, 3.8) is 0 Å². The molecule has 1 aromatic carbocycles. The van der Waals surface area contributed by atoms with Crippen molar-refractivity contribution < 1.29 is 4.79 Å². The second kappa shape index (κ2) is 8.34. The van der Waals surface area contributed by atoms with Crippen LogP contribution < -0.4 is 11.3 Å². The van der Waals surface area contributed by atoms with Crippen LogP contribution in [0.25, 0.3) is 10.9 Å². The van der Waals surface area contributed by atoms with Crippen LogP contribution in [0.15, 0.2) is 34.2 Å². The fraction of sp³-hybridized carbons (Fsp3) is 0.375. The topological polar surface area (TPSA) is 102 Å². The summed E-state index contributed by atoms with van der Waals surface area (Å²) >= 11 is 1.26. The highest BCUT2D eigenvalue weighted by Gasteiger charge is 2.11. The van der Waals surface area contributed by atoms with Crippen molar-refractivity contribution in [3.05, 3.63) is 34.6 Å². The van der Waals surface area contributed by atoms with Gasteiger partial charge in [0.15, 0.2) is 5.16 Å². The van der Waals surface area contributed by atoms with Crippen LogP contribution in [0.5, 0.6) is 0 Å². The predicted molar refractivity (Wildman–Crippen MR) is 90.0 cm³/mol. The maximum atomic E-state index is 12.6. The largest absolute Gasteiger partial charge is 0.370 e. The van der Waals surface area contributed by atoms with Crippen molar-refractivity contribution in [2.75, 3.05) is 5.75 Å². The Morgan fingerprint density at radius 3 is 2.83 bits per heavy atom. The normalized spacial score (nSPS) is 10.6. The lowest BCUT2D eigenvalue weighted by molar-refractivity contribution is -0.118. The number of nitriles is 1. The molecule has 6 nitrogen and oxygen atoms in total. The Morgan fingerprint density at radius 1 is 1.30 bits per heavy atom. The zero-order valence-corrected chi connectivity index (χ0v) is 13.5. The number of fused-ring (bicyclic) bond motifs is 1. The van der Waals surface area contributed by atoms with E-state index in [9.17, 15) is 9.59 Å². The first-order chi connectivity index (χ1) is 11.1. The van der Waals surface area contributed by atoms with Crippen molar-refractivity contribution in [3.8, 4) is 6.07 Å². The summed E-state index contributed by atoms with van der Waals surface area (Å²) in [5.41, 5.74) is 5.66. The average Bonchev–Trinajstić information content (AvgIpc) is 2.54. The number of aromatic nitrogens is 2. The first kappa shape index (κ1) is 17.0. The number of para-hydroxylation sites is 1. The molecule has 2 aromatic rings. The van der Waals surface area contributed by atoms with Gasteiger partial charge in [-0.05, 0) is 25.0 Å². The number of nitrogens with zero attached hydrogens (tertiary/aromatic N) is 3. The number of carbonyl (C=O) groups is 1. The molecule has 0 bridgehead atoms. The Labute approximate surface area is 138 Å². The number of unbranched alkanes of at least 4 members (excludes halogenated alkanes) is 2. The van der Waals surface area contributed by atoms with Gasteiger partial charge in [-0.2, -0.15) is 5.26 Å². The van der Waals surface area contributed by atoms with E-state index in [2.05, 4.69) is 11.1 Å². The highest BCUT2D eigenvalue weighted by Crippen LogP contribution is 2.18. The monoisotopic (exact) mass is 330 g/mol. The molecule has 0 saturated carbocycles. The molecule has 0 fully saturated rings. The molecule has 7 heteroatoms. The minimum absolute atomic E-state index is 0.0917. The third kappa shape index (κ3) is 4.57. The minimum atomic E-state index is -0.306. The maximum absolute atomic E-state index is 12.6. The summed E-state index contributed by atoms with van der Waals surface area (Å²) in [7, 11) is 0. The van der Waals surface area contributed by atoms with Crippen LogP contribution in [-0.2, 0) is 11.3 Å². The van der Waals surface area contributed by atoms with E-state index in [-0.39, 0.29) is 17.2 Å². The Kier molecular flexibility index (Phi) is 6.18. The summed E-state index contributed by atoms with van der Waals surface area (Å²) in [4.78, 5) is 27.9. The van der Waals surface area contributed by atoms with Gasteiger partial charge in [-0.3, -0.25) is 14.2 Å². The standard InChI is InChI=1S/C16H18N4O2S/c17-9-11-23-16-19-13-7-4-3-6-12(13)15(22)20(16)10-5-1-2-8-14(18)21/h3-4,6-7H,1-2,5,8,10-11H2,(H2,18,21). The summed E-state index contributed by atoms with van der Waals surface area (Å²) in [5, 5.41) is 9.90. The molecule has 120 valence electrons. The van der Waals surface area contributed by atoms with E-state index in [1.165, 1.54) is 11.8 Å². The van der Waals surface area contributed by atoms with Gasteiger partial charge in [-0.15, -0.1) is 0 Å². The van der Waals surface area contributed by atoms with Crippen molar-refractivity contribution in [1.82, 2.24) is 9.55 Å². The van der Waals surface area contributed by atoms with Crippen LogP contribution in [0.2, 0.25) is 0 Å². The maximum Gasteiger partial charge on any atom is 0.262 e. The number of hydrogen-bond acceptors (Lipinski definition) is 5. The van der Waals surface area contributed by atoms with Crippen LogP contribution in [0.3, 0.4) is 0 Å². The number of amides is 1. The van der Waals surface area contributed by atoms with Gasteiger partial charge in [-0.25, -0.2) is 4.98 Å². The molecule has 0 aliphatic heterocycles. The molecule has 0 spiro atoms. The molecule has 0 unspecified atom stereocenters. The van der Waals surface area contributed by atoms with Crippen LogP contribution in [0.1, 0.15) is 25.7 Å². The Balaban J connectivity index is 2.21. The third-order valence-electron chi connectivity index (χ3n) is 3.40. The molecule has 23 heavy (non-hydrogen) atoms. The first-order valence-corrected chi connectivity index (χ1v) is 8.39. The number of hydrogen-bond donors (Lipinski definition) is 1. The zero-order valence-electron chi connectivity index (χ0n) is 12.7. The van der Waals surface area contributed by atoms with E-state index in [4.69, 9.17) is 11.0 Å². The van der Waals surface area contributed by atoms with Crippen molar-refractivity contribution in [1.29, 1.82) is 5.26 Å². The van der Waals surface area contributed by atoms with E-state index in [1.54, 1.807) is 16.7 Å². The molecule has 1 aromatic heterocycles. The minimum Gasteiger partial charge on any atom is -0.370 e. The fourth-order valence-electron chi connectivity index (χ4n) is 2.30. The van der Waals surface area contributed by atoms with Crippen LogP contribution in [0, 0.1) is 11.3 Å². The number of rotatable bonds is 8. The Bertz CT molecular complexity index is 795. The predicted octanol–water partition coefficient (Wildman–Crippen LogP) is 2.06. The zero-order chi connectivity index (χ0) is 16.7. The third-order valence-corrected chi connectivity index (χ3v) is 4.24. The molecule has 2 N–H and O–H groups in total. The Hall–Kier alpha value is -2.33. The Morgan fingerprint density at radius 2 is 2.09 bits per heavy atom. The molecular weight excluding hydrogens is 312 g/mol. The van der Waals surface area contributed by atoms with Gasteiger partial charge in [0.2, 0.25) is 5.91 Å². The van der Waals surface area contributed by atoms with Gasteiger partial charge in [0.25, 0.3) is 5.56 Å². The fourth-order valence-corrected chi connectivity index (χ4v) is 2.98. The summed E-state index contributed by atoms with van der Waals surface area (Å²) < 4.78 is 1.62. The highest BCUT2D eigenvalue weighted by molar-refractivity contribution is 7.99. The molecule has 0 radical (unpaired) electrons. The molecule has 0 saturated heterocycles. The van der Waals surface area contributed by atoms with Gasteiger partial charge >= 0.3 is 0 Å². The van der Waals surface area contributed by atoms with Gasteiger partial charge in [-0.1, -0.05) is 30.3 Å². The van der Waals surface area contributed by atoms with E-state index >= 15 is 0 Å². The van der Waals surface area contributed by atoms with E-state index in [0.29, 0.717) is 35.4 Å². The number of thioether (sulfide) groups is 1. The molecule has 0 atom stereocenters. The number of nitrogens with two attached hydrogens (primary N) is 1. The van der Waals surface area contributed by atoms with E-state index in [1.807, 2.05) is 12.1 Å². The lowest BCUT2D eigenvalue weighted by Crippen LogP contribution is -2.23. The summed E-state index contributed by atoms with van der Waals surface area (Å²) in [6.07, 6.45) is 2.64. The van der Waals surface area contributed by atoms with Crippen LogP contribution >= 0.6 is 11.8 Å². The molecule has 1 amide bonds. The molecule has 0 aliphatic rings. The lowest BCUT2D eigenvalue weighted by Gasteiger charge is -2.12. The van der Waals surface area contributed by atoms with Crippen molar-refractivity contribution in [2.45, 2.75) is 37.4 Å². The molecular formula is C16H18N4O2S. The molecule has 0 aliphatic carbocycles. The van der Waals surface area contributed by atoms with Gasteiger partial charge in [0, 0.05) is 13.0 Å². The molecule has 1 heterocycles.